The van der Waals surface area contributed by atoms with Gasteiger partial charge in [0.15, 0.2) is 11.6 Å². The van der Waals surface area contributed by atoms with E-state index < -0.39 is 10.0 Å². The van der Waals surface area contributed by atoms with Crippen molar-refractivity contribution in [1.82, 2.24) is 20.2 Å². The topological polar surface area (TPSA) is 127 Å². The van der Waals surface area contributed by atoms with Crippen molar-refractivity contribution in [2.45, 2.75) is 18.8 Å². The molecule has 0 saturated heterocycles. The van der Waals surface area contributed by atoms with E-state index in [4.69, 9.17) is 5.14 Å². The molecular formula is C13H24N6O2S. The zero-order chi connectivity index (χ0) is 15.6. The van der Waals surface area contributed by atoms with Crippen LogP contribution in [0.3, 0.4) is 0 Å². The fourth-order valence-corrected chi connectivity index (χ4v) is 2.31. The lowest BCUT2D eigenvalue weighted by Crippen LogP contribution is -2.14. The summed E-state index contributed by atoms with van der Waals surface area (Å²) in [4.78, 5) is 8.30. The molecule has 0 bridgehead atoms. The van der Waals surface area contributed by atoms with Crippen LogP contribution in [0.1, 0.15) is 36.0 Å². The molecule has 0 atom stereocenters. The maximum atomic E-state index is 10.9. The van der Waals surface area contributed by atoms with Crippen LogP contribution in [0.15, 0.2) is 24.4 Å². The predicted octanol–water partition coefficient (Wildman–Crippen LogP) is 2.11. The van der Waals surface area contributed by atoms with E-state index in [1.807, 2.05) is 6.07 Å². The summed E-state index contributed by atoms with van der Waals surface area (Å²) in [7, 11) is -3.52. The van der Waals surface area contributed by atoms with Crippen LogP contribution in [0.5, 0.6) is 0 Å². The summed E-state index contributed by atoms with van der Waals surface area (Å²) in [5.41, 5.74) is 1.13. The number of nitrogens with zero attached hydrogens (tertiary/aromatic N) is 3. The molecule has 0 amide bonds. The highest BCUT2D eigenvalue weighted by Crippen LogP contribution is 2.39. The summed E-state index contributed by atoms with van der Waals surface area (Å²) >= 11 is 0. The summed E-state index contributed by atoms with van der Waals surface area (Å²) in [5.74, 6) is 2.02. The number of hydrogen-bond donors (Lipinski definition) is 3. The average Bonchev–Trinajstić information content (AvgIpc) is 3.19. The molecule has 0 spiro atoms. The molecule has 3 rings (SSSR count). The molecule has 2 heterocycles. The maximum Gasteiger partial charge on any atom is 0.212 e. The first-order chi connectivity index (χ1) is 10.5. The number of nitrogens with two attached hydrogens (primary N) is 1. The molecule has 0 unspecified atom stereocenters. The van der Waals surface area contributed by atoms with Gasteiger partial charge in [-0.3, -0.25) is 5.10 Å². The van der Waals surface area contributed by atoms with Crippen LogP contribution < -0.4 is 10.5 Å². The van der Waals surface area contributed by atoms with E-state index in [1.165, 1.54) is 25.0 Å². The van der Waals surface area contributed by atoms with Gasteiger partial charge in [-0.15, -0.1) is 0 Å². The monoisotopic (exact) mass is 328 g/mol. The second kappa shape index (κ2) is 5.85. The van der Waals surface area contributed by atoms with E-state index in [2.05, 4.69) is 25.5 Å². The van der Waals surface area contributed by atoms with Crippen molar-refractivity contribution >= 4 is 27.7 Å². The fraction of sp³-hybridized carbons (Fsp3) is 0.308. The van der Waals surface area contributed by atoms with Crippen LogP contribution in [0.25, 0.3) is 6.08 Å². The third kappa shape index (κ3) is 4.12. The predicted molar refractivity (Wildman–Crippen MR) is 91.3 cm³/mol. The van der Waals surface area contributed by atoms with Crippen LogP contribution in [0.2, 0.25) is 0 Å². The van der Waals surface area contributed by atoms with Gasteiger partial charge in [-0.1, -0.05) is 6.08 Å². The molecule has 1 saturated carbocycles. The van der Waals surface area contributed by atoms with Gasteiger partial charge >= 0.3 is 0 Å². The Morgan fingerprint density at radius 1 is 1.45 bits per heavy atom. The number of H-pyrrole nitrogens is 1. The van der Waals surface area contributed by atoms with Crippen molar-refractivity contribution in [1.29, 1.82) is 0 Å². The third-order valence-electron chi connectivity index (χ3n) is 3.14. The van der Waals surface area contributed by atoms with Crippen LogP contribution in [-0.4, -0.2) is 34.3 Å². The molecule has 0 radical (unpaired) electrons. The first-order valence-corrected chi connectivity index (χ1v) is 8.53. The fourth-order valence-electron chi connectivity index (χ4n) is 1.95. The average molecular weight is 328 g/mol. The van der Waals surface area contributed by atoms with E-state index in [0.717, 1.165) is 5.69 Å². The number of sulfonamides is 1. The molecule has 22 heavy (non-hydrogen) atoms. The Bertz CT molecular complexity index is 810. The third-order valence-corrected chi connectivity index (χ3v) is 3.80. The van der Waals surface area contributed by atoms with Crippen LogP contribution in [0.4, 0.5) is 11.6 Å². The lowest BCUT2D eigenvalue weighted by Gasteiger charge is -2.01. The molecule has 2 aromatic rings. The van der Waals surface area contributed by atoms with Crippen molar-refractivity contribution in [3.8, 4) is 0 Å². The quantitative estimate of drug-likeness (QED) is 0.745. The Morgan fingerprint density at radius 3 is 3.00 bits per heavy atom. The first kappa shape index (κ1) is 14.7. The SMILES string of the molecule is NS(=O)(=O)C/C=C/c1nccc(Nc2cc(C3CC3)[nH]n2)n1.[HH].[HH].[HH].[HH]. The van der Waals surface area contributed by atoms with Crippen molar-refractivity contribution in [3.05, 3.63) is 35.9 Å². The standard InChI is InChI=1S/C13H16N6O2S.4H2/c14-22(20,21)7-1-2-11-15-6-5-12(16-11)17-13-8-10(18-19-13)9-3-4-9;;;;/h1-2,5-6,8-9H,3-4,7H2,(H2,14,20,21)(H2,15,16,17,18,19);4*1H/b2-1+;;;;. The van der Waals surface area contributed by atoms with Gasteiger partial charge in [0, 0.05) is 29.6 Å². The Kier molecular flexibility index (Phi) is 3.90. The largest absolute Gasteiger partial charge is 0.323 e. The van der Waals surface area contributed by atoms with E-state index in [-0.39, 0.29) is 11.5 Å². The highest BCUT2D eigenvalue weighted by molar-refractivity contribution is 7.89. The van der Waals surface area contributed by atoms with Gasteiger partial charge in [-0.2, -0.15) is 5.10 Å². The van der Waals surface area contributed by atoms with E-state index in [9.17, 15) is 8.42 Å². The van der Waals surface area contributed by atoms with Crippen LogP contribution >= 0.6 is 0 Å². The van der Waals surface area contributed by atoms with Gasteiger partial charge in [-0.25, -0.2) is 23.5 Å². The van der Waals surface area contributed by atoms with E-state index >= 15 is 0 Å². The summed E-state index contributed by atoms with van der Waals surface area (Å²) in [5, 5.41) is 15.2. The smallest absolute Gasteiger partial charge is 0.212 e. The summed E-state index contributed by atoms with van der Waals surface area (Å²) in [6, 6.07) is 3.68. The van der Waals surface area contributed by atoms with Crippen molar-refractivity contribution in [3.63, 3.8) is 0 Å². The number of rotatable bonds is 6. The molecular weight excluding hydrogens is 304 g/mol. The Labute approximate surface area is 133 Å². The maximum absolute atomic E-state index is 10.9. The van der Waals surface area contributed by atoms with Gasteiger partial charge in [0.1, 0.15) is 5.82 Å². The number of anilines is 2. The van der Waals surface area contributed by atoms with E-state index in [0.29, 0.717) is 23.4 Å². The molecule has 124 valence electrons. The lowest BCUT2D eigenvalue weighted by atomic mass is 10.3. The van der Waals surface area contributed by atoms with E-state index in [1.54, 1.807) is 12.3 Å². The number of aromatic nitrogens is 4. The Hall–Kier alpha value is -2.26. The molecule has 8 nitrogen and oxygen atoms in total. The zero-order valence-electron chi connectivity index (χ0n) is 11.7. The minimum absolute atomic E-state index is 0. The molecule has 0 aliphatic heterocycles. The normalized spacial score (nSPS) is 15.3. The molecule has 0 aromatic carbocycles. The minimum Gasteiger partial charge on any atom is -0.323 e. The summed E-state index contributed by atoms with van der Waals surface area (Å²) in [6.45, 7) is 0. The highest BCUT2D eigenvalue weighted by atomic mass is 32.2. The van der Waals surface area contributed by atoms with Gasteiger partial charge in [0.25, 0.3) is 0 Å². The minimum atomic E-state index is -3.52. The van der Waals surface area contributed by atoms with Crippen LogP contribution in [0, 0.1) is 0 Å². The first-order valence-electron chi connectivity index (χ1n) is 6.82. The van der Waals surface area contributed by atoms with Crippen LogP contribution in [-0.2, 0) is 10.0 Å². The number of nitrogens with one attached hydrogen (secondary N) is 2. The summed E-state index contributed by atoms with van der Waals surface area (Å²) in [6.07, 6.45) is 6.91. The Morgan fingerprint density at radius 2 is 2.27 bits per heavy atom. The molecule has 1 aliphatic rings. The molecule has 9 heteroatoms. The number of primary sulfonamides is 1. The van der Waals surface area contributed by atoms with Gasteiger partial charge in [0.2, 0.25) is 10.0 Å². The van der Waals surface area contributed by atoms with Crippen molar-refractivity contribution in [2.75, 3.05) is 11.1 Å². The van der Waals surface area contributed by atoms with Crippen molar-refractivity contribution in [2.24, 2.45) is 5.14 Å². The molecule has 1 fully saturated rings. The summed E-state index contributed by atoms with van der Waals surface area (Å²) < 4.78 is 21.7. The number of hydrogen-bond acceptors (Lipinski definition) is 6. The zero-order valence-corrected chi connectivity index (χ0v) is 12.5. The van der Waals surface area contributed by atoms with Gasteiger partial charge in [0.05, 0.1) is 5.75 Å². The lowest BCUT2D eigenvalue weighted by molar-refractivity contribution is 0.600. The highest BCUT2D eigenvalue weighted by Gasteiger charge is 2.25. The van der Waals surface area contributed by atoms with Crippen molar-refractivity contribution < 1.29 is 14.1 Å². The van der Waals surface area contributed by atoms with Gasteiger partial charge < -0.3 is 5.32 Å². The second-order valence-corrected chi connectivity index (χ2v) is 6.80. The van der Waals surface area contributed by atoms with Gasteiger partial charge in [-0.05, 0) is 25.0 Å². The Balaban J connectivity index is 0. The molecule has 1 aliphatic carbocycles. The molecule has 2 aromatic heterocycles. The number of aromatic amines is 1. The molecule has 4 N–H and O–H groups in total. The second-order valence-electron chi connectivity index (χ2n) is 5.14.